The van der Waals surface area contributed by atoms with Crippen LogP contribution in [0.3, 0.4) is 0 Å². The van der Waals surface area contributed by atoms with E-state index in [1.807, 2.05) is 0 Å². The van der Waals surface area contributed by atoms with Crippen LogP contribution in [0.15, 0.2) is 0 Å². The summed E-state index contributed by atoms with van der Waals surface area (Å²) in [5, 5.41) is 0. The summed E-state index contributed by atoms with van der Waals surface area (Å²) < 4.78 is 0. The zero-order chi connectivity index (χ0) is 0. The van der Waals surface area contributed by atoms with Crippen molar-refractivity contribution in [3.05, 3.63) is 0 Å². The monoisotopic (exact) mass is 1780 g/mol. The van der Waals surface area contributed by atoms with Gasteiger partial charge in [-0.05, 0) is 0 Å². The van der Waals surface area contributed by atoms with Crippen molar-refractivity contribution in [1.82, 2.24) is 0 Å². The van der Waals surface area contributed by atoms with Crippen molar-refractivity contribution < 1.29 is 16.4 Å². The molecule has 0 fully saturated rings. The molecule has 0 saturated heterocycles. The number of hydrogen-bond acceptors (Lipinski definition) is 0. The molecule has 0 heterocycles. The first-order chi connectivity index (χ1) is 0. The Morgan fingerprint density at radius 2 is 0.0299 bits per heavy atom. The molecule has 0 aliphatic rings. The van der Waals surface area contributed by atoms with Crippen molar-refractivity contribution in [1.29, 1.82) is 0 Å². The molecule has 0 spiro atoms. The van der Waals surface area contributed by atoms with E-state index in [2.05, 4.69) is 0 Å². The predicted molar refractivity (Wildman–Crippen MR) is 379 cm³/mol. The summed E-state index contributed by atoms with van der Waals surface area (Å²) in [6.07, 6.45) is 0. The summed E-state index contributed by atoms with van der Waals surface area (Å²) in [6.45, 7) is 0. The van der Waals surface area contributed by atoms with Crippen molar-refractivity contribution in [2.75, 3.05) is 0 Å². The minimum absolute atomic E-state index is 0. The molecule has 0 unspecified atom stereocenters. The van der Waals surface area contributed by atoms with Gasteiger partial charge in [0.15, 0.2) is 0 Å². The standard InChI is InChI=1S/64Al.3H2O/h;;;;;;;;;;;;;;;;;;;;;;;;;;;;;;;;;;;;;;;;;;;;;;;;;;;;;;;;;;;;;;;;3*1H2/q64*+3;;;. The molecule has 24 valence electrons. The van der Waals surface area contributed by atoms with Crippen LogP contribution in [0, 0.1) is 0 Å². The van der Waals surface area contributed by atoms with Gasteiger partial charge < -0.3 is 16.4 Å². The number of hydrogen-bond donors (Lipinski definition) is 0. The summed E-state index contributed by atoms with van der Waals surface area (Å²) in [5.74, 6) is 0. The van der Waals surface area contributed by atoms with Crippen LogP contribution in [0.2, 0.25) is 0 Å². The van der Waals surface area contributed by atoms with Gasteiger partial charge in [0.05, 0.1) is 0 Å². The van der Waals surface area contributed by atoms with Gasteiger partial charge in [-0.1, -0.05) is 0 Å². The second kappa shape index (κ2) is 849. The third-order valence-electron chi connectivity index (χ3n) is 0. The summed E-state index contributed by atoms with van der Waals surface area (Å²) in [5.41, 5.74) is 0. The molecule has 0 amide bonds. The molecular weight excluding hydrogens is 1770 g/mol. The van der Waals surface area contributed by atoms with E-state index in [1.165, 1.54) is 0 Å². The van der Waals surface area contributed by atoms with Crippen LogP contribution in [0.4, 0.5) is 0 Å². The van der Waals surface area contributed by atoms with Gasteiger partial charge in [-0.3, -0.25) is 0 Å². The molecule has 0 aromatic rings. The molecule has 0 radical (unpaired) electrons. The van der Waals surface area contributed by atoms with Gasteiger partial charge in [0.25, 0.3) is 0 Å². The van der Waals surface area contributed by atoms with Gasteiger partial charge in [-0.25, -0.2) is 0 Å². The molecule has 3 nitrogen and oxygen atoms in total. The van der Waals surface area contributed by atoms with Gasteiger partial charge >= 0.3 is 1110 Å². The summed E-state index contributed by atoms with van der Waals surface area (Å²) in [4.78, 5) is 0. The van der Waals surface area contributed by atoms with Crippen LogP contribution < -0.4 is 0 Å². The third kappa shape index (κ3) is 832. The second-order valence-corrected chi connectivity index (χ2v) is 0. The van der Waals surface area contributed by atoms with Gasteiger partial charge in [-0.2, -0.15) is 0 Å². The molecule has 67 heteroatoms. The Morgan fingerprint density at radius 3 is 0.0299 bits per heavy atom. The quantitative estimate of drug-likeness (QED) is 0.216. The van der Waals surface area contributed by atoms with E-state index in [4.69, 9.17) is 0 Å². The average Bonchev–Trinajstić information content (AvgIpc) is 0. The first kappa shape index (κ1) is 875. The molecule has 0 aromatic carbocycles. The fourth-order valence-electron chi connectivity index (χ4n) is 0. The van der Waals surface area contributed by atoms with E-state index in [9.17, 15) is 0 Å². The van der Waals surface area contributed by atoms with E-state index in [-0.39, 0.29) is 1130 Å². The van der Waals surface area contributed by atoms with Crippen molar-refractivity contribution in [2.24, 2.45) is 0 Å². The molecule has 0 aromatic heterocycles. The smallest absolute Gasteiger partial charge is 0.412 e. The minimum atomic E-state index is 0. The zero-order valence-corrected chi connectivity index (χ0v) is 112. The van der Waals surface area contributed by atoms with Crippen molar-refractivity contribution in [2.45, 2.75) is 0 Å². The normalized spacial score (nSPS) is 0. The zero-order valence-electron chi connectivity index (χ0n) is 38.5. The topological polar surface area (TPSA) is 94.5 Å². The molecular formula is H6Al64O3+192. The molecule has 67 heavy (non-hydrogen) atoms. The Balaban J connectivity index is 0. The van der Waals surface area contributed by atoms with E-state index >= 15 is 0 Å². The predicted octanol–water partition coefficient (Wildman–Crippen LogP) is -26.8. The molecule has 0 saturated carbocycles. The maximum atomic E-state index is 0. The van der Waals surface area contributed by atoms with Crippen LogP contribution in [0.5, 0.6) is 0 Å². The van der Waals surface area contributed by atoms with Crippen LogP contribution in [0.1, 0.15) is 0 Å². The van der Waals surface area contributed by atoms with Crippen LogP contribution in [-0.4, -0.2) is 1130 Å². The van der Waals surface area contributed by atoms with Gasteiger partial charge in [0.1, 0.15) is 0 Å². The largest absolute Gasteiger partial charge is 3.00 e. The average molecular weight is 1780 g/mol. The molecule has 0 rings (SSSR count). The fraction of sp³-hybridized carbons (Fsp3) is 0. The maximum absolute atomic E-state index is 0. The second-order valence-electron chi connectivity index (χ2n) is 0. The maximum Gasteiger partial charge on any atom is 3.00 e. The summed E-state index contributed by atoms with van der Waals surface area (Å²) >= 11 is 0. The van der Waals surface area contributed by atoms with Crippen LogP contribution in [-0.2, 0) is 0 Å². The van der Waals surface area contributed by atoms with Gasteiger partial charge in [0.2, 0.25) is 0 Å². The Kier molecular flexibility index (Phi) is 11100. The summed E-state index contributed by atoms with van der Waals surface area (Å²) in [6, 6.07) is 0. The van der Waals surface area contributed by atoms with Gasteiger partial charge in [0, 0.05) is 0 Å². The molecule has 0 aliphatic heterocycles. The fourth-order valence-corrected chi connectivity index (χ4v) is 0. The summed E-state index contributed by atoms with van der Waals surface area (Å²) in [7, 11) is 0. The van der Waals surface area contributed by atoms with E-state index in [0.29, 0.717) is 0 Å². The van der Waals surface area contributed by atoms with E-state index in [1.54, 1.807) is 0 Å². The third-order valence-corrected chi connectivity index (χ3v) is 0. The van der Waals surface area contributed by atoms with E-state index in [0.717, 1.165) is 0 Å². The molecule has 6 N–H and O–H groups in total. The van der Waals surface area contributed by atoms with Crippen LogP contribution in [0.25, 0.3) is 0 Å². The molecule has 0 bridgehead atoms. The minimum Gasteiger partial charge on any atom is -0.412 e. The Morgan fingerprint density at radius 1 is 0.0299 bits per heavy atom. The van der Waals surface area contributed by atoms with E-state index < -0.39 is 0 Å². The Hall–Kier alpha value is 34.0. The molecule has 0 aliphatic carbocycles. The SMILES string of the molecule is O.O.O.[Al+3].[Al+3].[Al+3].[Al+3].[Al+3].[Al+3].[Al+3].[Al+3].[Al+3].[Al+3].[Al+3].[Al+3].[Al+3].[Al+3].[Al+3].[Al+3].[Al+3].[Al+3].[Al+3].[Al+3].[Al+3].[Al+3].[Al+3].[Al+3].[Al+3].[Al+3].[Al+3].[Al+3].[Al+3].[Al+3].[Al+3].[Al+3].[Al+3].[Al+3].[Al+3].[Al+3].[Al+3].[Al+3].[Al+3].[Al+3].[Al+3].[Al+3].[Al+3].[Al+3].[Al+3].[Al+3].[Al+3].[Al+3].[Al+3].[Al+3].[Al+3].[Al+3].[Al+3].[Al+3].[Al+3].[Al+3].[Al+3].[Al+3].[Al+3].[Al+3].[Al+3].[Al+3].[Al+3].[Al+3]. The van der Waals surface area contributed by atoms with Crippen molar-refractivity contribution in [3.8, 4) is 0 Å². The Labute approximate surface area is 1100 Å². The number of rotatable bonds is 0. The molecule has 0 atom stereocenters. The van der Waals surface area contributed by atoms with Crippen molar-refractivity contribution >= 4 is 1110 Å². The van der Waals surface area contributed by atoms with Crippen LogP contribution >= 0.6 is 0 Å². The van der Waals surface area contributed by atoms with Gasteiger partial charge in [-0.15, -0.1) is 0 Å². The first-order valence-corrected chi connectivity index (χ1v) is 0. The Bertz CT molecular complexity index is 17.7. The first-order valence-electron chi connectivity index (χ1n) is 0. The van der Waals surface area contributed by atoms with Crippen molar-refractivity contribution in [3.63, 3.8) is 0 Å².